The van der Waals surface area contributed by atoms with Crippen LogP contribution in [-0.4, -0.2) is 31.9 Å². The highest BCUT2D eigenvalue weighted by molar-refractivity contribution is 5.90. The Morgan fingerprint density at radius 1 is 1.30 bits per heavy atom. The third kappa shape index (κ3) is 2.77. The number of aromatic nitrogens is 4. The first-order chi connectivity index (χ1) is 11.0. The first-order valence-corrected chi connectivity index (χ1v) is 7.15. The Bertz CT molecular complexity index is 904. The number of pyridine rings is 1. The number of halogens is 1. The van der Waals surface area contributed by atoms with Crippen LogP contribution in [0.2, 0.25) is 0 Å². The van der Waals surface area contributed by atoms with Crippen molar-refractivity contribution < 1.29 is 13.9 Å². The second kappa shape index (κ2) is 5.75. The van der Waals surface area contributed by atoms with Gasteiger partial charge in [0.25, 0.3) is 0 Å². The fraction of sp³-hybridized carbons (Fsp3) is 0.250. The van der Waals surface area contributed by atoms with Gasteiger partial charge >= 0.3 is 5.97 Å². The number of carbonyl (C=O) groups is 1. The van der Waals surface area contributed by atoms with Crippen molar-refractivity contribution in [2.24, 2.45) is 0 Å². The molecule has 0 aliphatic carbocycles. The van der Waals surface area contributed by atoms with Crippen LogP contribution in [0.5, 0.6) is 0 Å². The van der Waals surface area contributed by atoms with Crippen LogP contribution in [-0.2, 0) is 4.74 Å². The summed E-state index contributed by atoms with van der Waals surface area (Å²) in [4.78, 5) is 24.3. The third-order valence-corrected chi connectivity index (χ3v) is 3.36. The SMILES string of the molecule is CCOC(=O)c1cnc(-c2cc(F)c3nc(C)cn3c2)nc1C. The van der Waals surface area contributed by atoms with E-state index < -0.39 is 11.8 Å². The maximum Gasteiger partial charge on any atom is 0.341 e. The van der Waals surface area contributed by atoms with Crippen LogP contribution in [0.1, 0.15) is 28.7 Å². The van der Waals surface area contributed by atoms with Crippen LogP contribution in [0.3, 0.4) is 0 Å². The van der Waals surface area contributed by atoms with Gasteiger partial charge in [-0.25, -0.2) is 24.1 Å². The molecular weight excluding hydrogens is 299 g/mol. The standard InChI is InChI=1S/C16H15FN4O2/c1-4-23-16(22)12-6-18-14(20-10(12)3)11-5-13(17)15-19-9(2)7-21(15)8-11/h5-8H,4H2,1-3H3. The van der Waals surface area contributed by atoms with Crippen LogP contribution < -0.4 is 0 Å². The molecule has 0 aromatic carbocycles. The Kier molecular flexibility index (Phi) is 3.77. The van der Waals surface area contributed by atoms with Crippen LogP contribution >= 0.6 is 0 Å². The summed E-state index contributed by atoms with van der Waals surface area (Å²) in [6, 6.07) is 1.33. The predicted molar refractivity (Wildman–Crippen MR) is 81.6 cm³/mol. The summed E-state index contributed by atoms with van der Waals surface area (Å²) >= 11 is 0. The van der Waals surface area contributed by atoms with Crippen molar-refractivity contribution >= 4 is 11.6 Å². The predicted octanol–water partition coefficient (Wildman–Crippen LogP) is 2.72. The zero-order valence-electron chi connectivity index (χ0n) is 13.0. The molecule has 0 N–H and O–H groups in total. The fourth-order valence-electron chi connectivity index (χ4n) is 2.32. The number of ether oxygens (including phenoxy) is 1. The Morgan fingerprint density at radius 2 is 2.09 bits per heavy atom. The normalized spacial score (nSPS) is 11.0. The number of aryl methyl sites for hydroxylation is 2. The Balaban J connectivity index is 2.05. The summed E-state index contributed by atoms with van der Waals surface area (Å²) in [6.07, 6.45) is 4.83. The summed E-state index contributed by atoms with van der Waals surface area (Å²) in [5, 5.41) is 0. The molecule has 3 rings (SSSR count). The lowest BCUT2D eigenvalue weighted by Crippen LogP contribution is -2.09. The second-order valence-corrected chi connectivity index (χ2v) is 5.10. The topological polar surface area (TPSA) is 69.4 Å². The van der Waals surface area contributed by atoms with Crippen molar-refractivity contribution in [3.8, 4) is 11.4 Å². The van der Waals surface area contributed by atoms with E-state index in [2.05, 4.69) is 15.0 Å². The molecule has 0 aliphatic heterocycles. The van der Waals surface area contributed by atoms with Gasteiger partial charge in [0.05, 0.1) is 23.6 Å². The van der Waals surface area contributed by atoms with Crippen molar-refractivity contribution in [1.82, 2.24) is 19.4 Å². The van der Waals surface area contributed by atoms with E-state index in [1.54, 1.807) is 37.6 Å². The molecule has 0 bridgehead atoms. The van der Waals surface area contributed by atoms with E-state index in [-0.39, 0.29) is 12.3 Å². The number of carbonyl (C=O) groups excluding carboxylic acids is 1. The largest absolute Gasteiger partial charge is 0.462 e. The average Bonchev–Trinajstić information content (AvgIpc) is 2.88. The quantitative estimate of drug-likeness (QED) is 0.695. The van der Waals surface area contributed by atoms with Gasteiger partial charge < -0.3 is 9.14 Å². The number of hydrogen-bond acceptors (Lipinski definition) is 5. The van der Waals surface area contributed by atoms with E-state index in [1.165, 1.54) is 12.3 Å². The molecule has 3 aromatic rings. The van der Waals surface area contributed by atoms with Gasteiger partial charge in [0.2, 0.25) is 0 Å². The molecule has 3 heterocycles. The molecule has 0 atom stereocenters. The van der Waals surface area contributed by atoms with Gasteiger partial charge in [-0.15, -0.1) is 0 Å². The minimum absolute atomic E-state index is 0.256. The lowest BCUT2D eigenvalue weighted by Gasteiger charge is -2.07. The van der Waals surface area contributed by atoms with Gasteiger partial charge in [0.15, 0.2) is 17.3 Å². The molecule has 23 heavy (non-hydrogen) atoms. The van der Waals surface area contributed by atoms with Crippen LogP contribution in [0.25, 0.3) is 17.0 Å². The lowest BCUT2D eigenvalue weighted by molar-refractivity contribution is 0.0524. The highest BCUT2D eigenvalue weighted by Gasteiger charge is 2.15. The molecule has 3 aromatic heterocycles. The third-order valence-electron chi connectivity index (χ3n) is 3.36. The molecule has 6 nitrogen and oxygen atoms in total. The lowest BCUT2D eigenvalue weighted by atomic mass is 10.2. The van der Waals surface area contributed by atoms with E-state index in [9.17, 15) is 9.18 Å². The summed E-state index contributed by atoms with van der Waals surface area (Å²) in [7, 11) is 0. The van der Waals surface area contributed by atoms with Crippen molar-refractivity contribution in [1.29, 1.82) is 0 Å². The molecule has 118 valence electrons. The smallest absolute Gasteiger partial charge is 0.341 e. The van der Waals surface area contributed by atoms with Gasteiger partial charge in [0, 0.05) is 24.2 Å². The molecular formula is C16H15FN4O2. The molecule has 0 spiro atoms. The first kappa shape index (κ1) is 15.1. The summed E-state index contributed by atoms with van der Waals surface area (Å²) < 4.78 is 20.7. The van der Waals surface area contributed by atoms with E-state index >= 15 is 0 Å². The van der Waals surface area contributed by atoms with Gasteiger partial charge in [-0.05, 0) is 26.8 Å². The molecule has 7 heteroatoms. The summed E-state index contributed by atoms with van der Waals surface area (Å²) in [5.41, 5.74) is 2.26. The Labute approximate surface area is 132 Å². The fourth-order valence-corrected chi connectivity index (χ4v) is 2.32. The van der Waals surface area contributed by atoms with Gasteiger partial charge in [-0.1, -0.05) is 0 Å². The van der Waals surface area contributed by atoms with E-state index in [1.807, 2.05) is 0 Å². The van der Waals surface area contributed by atoms with E-state index in [0.29, 0.717) is 22.6 Å². The highest BCUT2D eigenvalue weighted by Crippen LogP contribution is 2.20. The summed E-state index contributed by atoms with van der Waals surface area (Å²) in [6.45, 7) is 5.49. The number of fused-ring (bicyclic) bond motifs is 1. The van der Waals surface area contributed by atoms with Gasteiger partial charge in [0.1, 0.15) is 0 Å². The van der Waals surface area contributed by atoms with Crippen LogP contribution in [0.4, 0.5) is 4.39 Å². The van der Waals surface area contributed by atoms with Crippen molar-refractivity contribution in [2.45, 2.75) is 20.8 Å². The van der Waals surface area contributed by atoms with Gasteiger partial charge in [-0.3, -0.25) is 0 Å². The van der Waals surface area contributed by atoms with E-state index in [0.717, 1.165) is 5.69 Å². The number of rotatable bonds is 3. The van der Waals surface area contributed by atoms with Crippen molar-refractivity contribution in [2.75, 3.05) is 6.61 Å². The molecule has 0 unspecified atom stereocenters. The summed E-state index contributed by atoms with van der Waals surface area (Å²) in [5.74, 6) is -0.586. The number of hydrogen-bond donors (Lipinski definition) is 0. The zero-order valence-corrected chi connectivity index (χ0v) is 13.0. The van der Waals surface area contributed by atoms with Crippen LogP contribution in [0.15, 0.2) is 24.7 Å². The monoisotopic (exact) mass is 314 g/mol. The second-order valence-electron chi connectivity index (χ2n) is 5.10. The average molecular weight is 314 g/mol. The molecule has 0 saturated carbocycles. The molecule has 0 fully saturated rings. The Hall–Kier alpha value is -2.83. The minimum atomic E-state index is -0.469. The molecule has 0 radical (unpaired) electrons. The molecule has 0 aliphatic rings. The van der Waals surface area contributed by atoms with Gasteiger partial charge in [-0.2, -0.15) is 0 Å². The maximum absolute atomic E-state index is 14.1. The number of nitrogens with zero attached hydrogens (tertiary/aromatic N) is 4. The van der Waals surface area contributed by atoms with Crippen molar-refractivity contribution in [3.63, 3.8) is 0 Å². The number of imidazole rings is 1. The maximum atomic E-state index is 14.1. The highest BCUT2D eigenvalue weighted by atomic mass is 19.1. The minimum Gasteiger partial charge on any atom is -0.462 e. The zero-order chi connectivity index (χ0) is 16.6. The van der Waals surface area contributed by atoms with Crippen LogP contribution in [0, 0.1) is 19.7 Å². The van der Waals surface area contributed by atoms with E-state index in [4.69, 9.17) is 4.74 Å². The molecule has 0 amide bonds. The number of esters is 1. The van der Waals surface area contributed by atoms with Crippen molar-refractivity contribution in [3.05, 3.63) is 47.4 Å². The molecule has 0 saturated heterocycles. The Morgan fingerprint density at radius 3 is 2.78 bits per heavy atom. The first-order valence-electron chi connectivity index (χ1n) is 7.15.